The van der Waals surface area contributed by atoms with Crippen LogP contribution in [0, 0.1) is 0 Å². The molecular formula is C15H28N2O2+2. The van der Waals surface area contributed by atoms with Crippen molar-refractivity contribution in [3.8, 4) is 0 Å². The van der Waals surface area contributed by atoms with Gasteiger partial charge in [-0.15, -0.1) is 0 Å². The highest BCUT2D eigenvalue weighted by molar-refractivity contribution is 5.69. The number of rotatable bonds is 4. The van der Waals surface area contributed by atoms with Crippen molar-refractivity contribution in [2.24, 2.45) is 0 Å². The number of piperidine rings is 1. The Morgan fingerprint density at radius 1 is 1.16 bits per heavy atom. The maximum atomic E-state index is 11.9. The van der Waals surface area contributed by atoms with E-state index in [0.717, 1.165) is 31.5 Å². The fourth-order valence-corrected chi connectivity index (χ4v) is 4.27. The number of quaternary nitrogens is 2. The highest BCUT2D eigenvalue weighted by Gasteiger charge is 2.43. The number of fused-ring (bicyclic) bond motifs is 2. The van der Waals surface area contributed by atoms with Gasteiger partial charge in [-0.2, -0.15) is 0 Å². The molecule has 0 aliphatic carbocycles. The minimum absolute atomic E-state index is 0.0448. The Kier molecular flexibility index (Phi) is 4.08. The molecule has 3 rings (SSSR count). The van der Waals surface area contributed by atoms with Crippen LogP contribution in [0.5, 0.6) is 0 Å². The van der Waals surface area contributed by atoms with Crippen molar-refractivity contribution in [1.82, 2.24) is 0 Å². The summed E-state index contributed by atoms with van der Waals surface area (Å²) in [5, 5.41) is 0. The second-order valence-corrected chi connectivity index (χ2v) is 6.76. The lowest BCUT2D eigenvalue weighted by Crippen LogP contribution is -3.15. The number of nitrogens with one attached hydrogen (secondary N) is 2. The minimum atomic E-state index is 0.0448. The van der Waals surface area contributed by atoms with Gasteiger partial charge in [0, 0.05) is 38.5 Å². The lowest BCUT2D eigenvalue weighted by atomic mass is 10.0. The zero-order valence-corrected chi connectivity index (χ0v) is 12.1. The molecule has 0 amide bonds. The molecule has 2 bridgehead atoms. The SMILES string of the molecule is C[NH+]1C2CCC1CC(OC(=O)CC[NH+]1CCCC1)C2. The highest BCUT2D eigenvalue weighted by atomic mass is 16.5. The number of likely N-dealkylation sites (tertiary alicyclic amines) is 1. The van der Waals surface area contributed by atoms with Gasteiger partial charge in [-0.05, 0) is 0 Å². The minimum Gasteiger partial charge on any atom is -0.462 e. The molecule has 3 fully saturated rings. The molecule has 3 aliphatic heterocycles. The molecule has 3 saturated heterocycles. The Morgan fingerprint density at radius 2 is 1.79 bits per heavy atom. The van der Waals surface area contributed by atoms with Crippen LogP contribution in [-0.2, 0) is 9.53 Å². The van der Waals surface area contributed by atoms with Gasteiger partial charge in [0.05, 0.1) is 45.2 Å². The average molecular weight is 268 g/mol. The van der Waals surface area contributed by atoms with Crippen molar-refractivity contribution < 1.29 is 19.3 Å². The summed E-state index contributed by atoms with van der Waals surface area (Å²) in [5.74, 6) is 0.0448. The van der Waals surface area contributed by atoms with Gasteiger partial charge >= 0.3 is 5.97 Å². The van der Waals surface area contributed by atoms with Crippen molar-refractivity contribution in [3.05, 3.63) is 0 Å². The van der Waals surface area contributed by atoms with Gasteiger partial charge < -0.3 is 14.5 Å². The van der Waals surface area contributed by atoms with Gasteiger partial charge in [-0.1, -0.05) is 0 Å². The van der Waals surface area contributed by atoms with Crippen LogP contribution in [-0.4, -0.2) is 50.8 Å². The first-order valence-corrected chi connectivity index (χ1v) is 8.09. The van der Waals surface area contributed by atoms with E-state index in [9.17, 15) is 4.79 Å². The molecule has 0 saturated carbocycles. The van der Waals surface area contributed by atoms with Crippen molar-refractivity contribution in [1.29, 1.82) is 0 Å². The van der Waals surface area contributed by atoms with Crippen LogP contribution in [0.4, 0.5) is 0 Å². The van der Waals surface area contributed by atoms with Gasteiger partial charge in [-0.25, -0.2) is 0 Å². The van der Waals surface area contributed by atoms with E-state index in [4.69, 9.17) is 4.74 Å². The zero-order valence-electron chi connectivity index (χ0n) is 12.1. The number of ether oxygens (including phenoxy) is 1. The van der Waals surface area contributed by atoms with E-state index in [0.29, 0.717) is 6.42 Å². The maximum absolute atomic E-state index is 11.9. The normalized spacial score (nSPS) is 38.6. The summed E-state index contributed by atoms with van der Waals surface area (Å²) in [5.41, 5.74) is 0. The molecule has 19 heavy (non-hydrogen) atoms. The Labute approximate surface area is 116 Å². The van der Waals surface area contributed by atoms with Gasteiger partial charge in [0.15, 0.2) is 0 Å². The third-order valence-corrected chi connectivity index (χ3v) is 5.54. The smallest absolute Gasteiger partial charge is 0.311 e. The maximum Gasteiger partial charge on any atom is 0.311 e. The number of hydrogen-bond donors (Lipinski definition) is 2. The molecule has 2 unspecified atom stereocenters. The van der Waals surface area contributed by atoms with Crippen LogP contribution < -0.4 is 9.80 Å². The molecule has 2 N–H and O–H groups in total. The number of carbonyl (C=O) groups excluding carboxylic acids is 1. The van der Waals surface area contributed by atoms with E-state index in [1.807, 2.05) is 0 Å². The lowest BCUT2D eigenvalue weighted by Gasteiger charge is -2.33. The molecule has 0 aromatic rings. The largest absolute Gasteiger partial charge is 0.462 e. The Bertz CT molecular complexity index is 314. The summed E-state index contributed by atoms with van der Waals surface area (Å²) in [6.45, 7) is 3.47. The summed E-state index contributed by atoms with van der Waals surface area (Å²) < 4.78 is 5.71. The van der Waals surface area contributed by atoms with Crippen LogP contribution >= 0.6 is 0 Å². The van der Waals surface area contributed by atoms with Crippen molar-refractivity contribution in [2.45, 2.75) is 63.1 Å². The fraction of sp³-hybridized carbons (Fsp3) is 0.933. The predicted molar refractivity (Wildman–Crippen MR) is 72.2 cm³/mol. The van der Waals surface area contributed by atoms with Crippen LogP contribution in [0.3, 0.4) is 0 Å². The number of esters is 1. The Morgan fingerprint density at radius 3 is 2.42 bits per heavy atom. The monoisotopic (exact) mass is 268 g/mol. The molecule has 4 heteroatoms. The molecule has 3 heterocycles. The van der Waals surface area contributed by atoms with Crippen LogP contribution in [0.25, 0.3) is 0 Å². The van der Waals surface area contributed by atoms with Crippen LogP contribution in [0.2, 0.25) is 0 Å². The van der Waals surface area contributed by atoms with Gasteiger partial charge in [-0.3, -0.25) is 4.79 Å². The Balaban J connectivity index is 1.40. The average Bonchev–Trinajstić information content (AvgIpc) is 2.95. The molecule has 4 nitrogen and oxygen atoms in total. The van der Waals surface area contributed by atoms with Crippen molar-refractivity contribution in [3.63, 3.8) is 0 Å². The third kappa shape index (κ3) is 3.11. The van der Waals surface area contributed by atoms with Crippen LogP contribution in [0.15, 0.2) is 0 Å². The van der Waals surface area contributed by atoms with E-state index >= 15 is 0 Å². The number of hydrogen-bond acceptors (Lipinski definition) is 2. The number of carbonyl (C=O) groups is 1. The second-order valence-electron chi connectivity index (χ2n) is 6.76. The van der Waals surface area contributed by atoms with E-state index in [-0.39, 0.29) is 12.1 Å². The van der Waals surface area contributed by atoms with Crippen LogP contribution in [0.1, 0.15) is 44.9 Å². The highest BCUT2D eigenvalue weighted by Crippen LogP contribution is 2.24. The summed E-state index contributed by atoms with van der Waals surface area (Å²) >= 11 is 0. The summed E-state index contributed by atoms with van der Waals surface area (Å²) in [4.78, 5) is 15.2. The zero-order chi connectivity index (χ0) is 13.2. The molecule has 3 aliphatic rings. The second kappa shape index (κ2) is 5.80. The van der Waals surface area contributed by atoms with Gasteiger partial charge in [0.25, 0.3) is 0 Å². The van der Waals surface area contributed by atoms with Crippen molar-refractivity contribution in [2.75, 3.05) is 26.7 Å². The molecule has 0 spiro atoms. The van der Waals surface area contributed by atoms with Crippen molar-refractivity contribution >= 4 is 5.97 Å². The fourth-order valence-electron chi connectivity index (χ4n) is 4.27. The summed E-state index contributed by atoms with van der Waals surface area (Å²) in [6, 6.07) is 1.47. The van der Waals surface area contributed by atoms with E-state index in [1.54, 1.807) is 9.80 Å². The van der Waals surface area contributed by atoms with Gasteiger partial charge in [0.1, 0.15) is 6.10 Å². The molecular weight excluding hydrogens is 240 g/mol. The Hall–Kier alpha value is -0.610. The topological polar surface area (TPSA) is 35.2 Å². The van der Waals surface area contributed by atoms with E-state index < -0.39 is 0 Å². The molecule has 2 atom stereocenters. The lowest BCUT2D eigenvalue weighted by molar-refractivity contribution is -0.923. The van der Waals surface area contributed by atoms with E-state index in [2.05, 4.69) is 7.05 Å². The predicted octanol–water partition coefficient (Wildman–Crippen LogP) is -1.19. The standard InChI is InChI=1S/C15H26N2O2/c1-16-12-4-5-13(16)11-14(10-12)19-15(18)6-9-17-7-2-3-8-17/h12-14H,2-11H2,1H3/p+2. The molecule has 108 valence electrons. The van der Waals surface area contributed by atoms with Gasteiger partial charge in [0.2, 0.25) is 0 Å². The first kappa shape index (κ1) is 13.4. The third-order valence-electron chi connectivity index (χ3n) is 5.54. The first-order valence-electron chi connectivity index (χ1n) is 8.09. The quantitative estimate of drug-likeness (QED) is 0.629. The molecule has 0 aromatic heterocycles. The molecule has 0 aromatic carbocycles. The first-order chi connectivity index (χ1) is 9.22. The summed E-state index contributed by atoms with van der Waals surface area (Å²) in [7, 11) is 2.30. The molecule has 0 radical (unpaired) electrons. The summed E-state index contributed by atoms with van der Waals surface area (Å²) in [6.07, 6.45) is 8.29. The van der Waals surface area contributed by atoms with E-state index in [1.165, 1.54) is 38.8 Å².